The van der Waals surface area contributed by atoms with Gasteiger partial charge in [-0.05, 0) is 19.1 Å². The van der Waals surface area contributed by atoms with Crippen LogP contribution in [0.25, 0.3) is 0 Å². The molecule has 0 atom stereocenters. The van der Waals surface area contributed by atoms with Crippen LogP contribution >= 0.6 is 11.8 Å². The number of aryl methyl sites for hydroxylation is 1. The second kappa shape index (κ2) is 5.79. The van der Waals surface area contributed by atoms with Crippen molar-refractivity contribution in [3.63, 3.8) is 0 Å². The summed E-state index contributed by atoms with van der Waals surface area (Å²) >= 11 is 0.619. The summed E-state index contributed by atoms with van der Waals surface area (Å²) in [6, 6.07) is 2.58. The van der Waals surface area contributed by atoms with E-state index in [2.05, 4.69) is 15.0 Å². The highest BCUT2D eigenvalue weighted by Crippen LogP contribution is 2.38. The summed E-state index contributed by atoms with van der Waals surface area (Å²) in [5, 5.41) is -0.0436. The molecule has 10 heteroatoms. The summed E-state index contributed by atoms with van der Waals surface area (Å²) < 4.78 is 38.7. The monoisotopic (exact) mass is 329 g/mol. The molecule has 0 spiro atoms. The summed E-state index contributed by atoms with van der Waals surface area (Å²) in [6.07, 6.45) is -3.59. The SMILES string of the molecule is Cc1nc(N)c(Sc2cccnc2C(F)(F)F)nc1C(N)=O. The third kappa shape index (κ3) is 3.27. The van der Waals surface area contributed by atoms with Crippen LogP contribution in [-0.4, -0.2) is 20.9 Å². The number of anilines is 1. The van der Waals surface area contributed by atoms with E-state index in [0.29, 0.717) is 11.8 Å². The highest BCUT2D eigenvalue weighted by Gasteiger charge is 2.35. The Labute approximate surface area is 127 Å². The van der Waals surface area contributed by atoms with E-state index in [-0.39, 0.29) is 27.1 Å². The molecular formula is C12H10F3N5OS. The third-order valence-corrected chi connectivity index (χ3v) is 3.59. The minimum atomic E-state index is -4.62. The zero-order chi connectivity index (χ0) is 16.5. The maximum Gasteiger partial charge on any atom is 0.434 e. The maximum absolute atomic E-state index is 12.9. The first-order valence-electron chi connectivity index (χ1n) is 5.84. The van der Waals surface area contributed by atoms with Gasteiger partial charge < -0.3 is 11.5 Å². The van der Waals surface area contributed by atoms with Gasteiger partial charge in [-0.25, -0.2) is 9.97 Å². The van der Waals surface area contributed by atoms with Gasteiger partial charge in [-0.1, -0.05) is 11.8 Å². The number of rotatable bonds is 3. The molecular weight excluding hydrogens is 319 g/mol. The van der Waals surface area contributed by atoms with Crippen LogP contribution in [0.5, 0.6) is 0 Å². The molecule has 0 saturated carbocycles. The molecule has 2 aromatic heterocycles. The maximum atomic E-state index is 12.9. The summed E-state index contributed by atoms with van der Waals surface area (Å²) in [5.41, 5.74) is 9.79. The number of halogens is 3. The Morgan fingerprint density at radius 1 is 1.32 bits per heavy atom. The molecule has 0 aliphatic rings. The number of aromatic nitrogens is 3. The Hall–Kier alpha value is -2.36. The Bertz CT molecular complexity index is 735. The van der Waals surface area contributed by atoms with Gasteiger partial charge in [0.05, 0.1) is 5.69 Å². The van der Waals surface area contributed by atoms with Crippen LogP contribution in [-0.2, 0) is 6.18 Å². The third-order valence-electron chi connectivity index (χ3n) is 2.54. The summed E-state index contributed by atoms with van der Waals surface area (Å²) in [5.74, 6) is -0.932. The minimum absolute atomic E-state index is 0.0436. The molecule has 0 aromatic carbocycles. The van der Waals surface area contributed by atoms with Crippen molar-refractivity contribution in [1.29, 1.82) is 0 Å². The number of carbonyl (C=O) groups is 1. The number of carbonyl (C=O) groups excluding carboxylic acids is 1. The number of alkyl halides is 3. The standard InChI is InChI=1S/C12H10F3N5OS/c1-5-7(10(17)21)20-11(9(16)19-5)22-6-3-2-4-18-8(6)12(13,14)15/h2-4H,1H3,(H2,16,19)(H2,17,21). The van der Waals surface area contributed by atoms with E-state index >= 15 is 0 Å². The topological polar surface area (TPSA) is 108 Å². The highest BCUT2D eigenvalue weighted by atomic mass is 32.2. The van der Waals surface area contributed by atoms with Crippen molar-refractivity contribution in [3.8, 4) is 0 Å². The van der Waals surface area contributed by atoms with E-state index in [9.17, 15) is 18.0 Å². The van der Waals surface area contributed by atoms with Crippen molar-refractivity contribution >= 4 is 23.5 Å². The lowest BCUT2D eigenvalue weighted by atomic mass is 10.3. The number of hydrogen-bond acceptors (Lipinski definition) is 6. The summed E-state index contributed by atoms with van der Waals surface area (Å²) in [7, 11) is 0. The Balaban J connectivity index is 2.49. The van der Waals surface area contributed by atoms with Gasteiger partial charge in [0.25, 0.3) is 5.91 Å². The molecule has 0 fully saturated rings. The molecule has 0 radical (unpaired) electrons. The Morgan fingerprint density at radius 2 is 2.00 bits per heavy atom. The van der Waals surface area contributed by atoms with Crippen LogP contribution in [0.15, 0.2) is 28.3 Å². The van der Waals surface area contributed by atoms with Gasteiger partial charge in [-0.3, -0.25) is 9.78 Å². The van der Waals surface area contributed by atoms with Crippen LogP contribution in [0.3, 0.4) is 0 Å². The van der Waals surface area contributed by atoms with Crippen LogP contribution in [0.4, 0.5) is 19.0 Å². The summed E-state index contributed by atoms with van der Waals surface area (Å²) in [4.78, 5) is 22.1. The molecule has 0 aliphatic heterocycles. The number of hydrogen-bond donors (Lipinski definition) is 2. The van der Waals surface area contributed by atoms with Gasteiger partial charge in [0.15, 0.2) is 17.2 Å². The first-order valence-corrected chi connectivity index (χ1v) is 6.65. The fourth-order valence-electron chi connectivity index (χ4n) is 1.62. The van der Waals surface area contributed by atoms with Gasteiger partial charge in [-0.2, -0.15) is 13.2 Å². The highest BCUT2D eigenvalue weighted by molar-refractivity contribution is 7.99. The minimum Gasteiger partial charge on any atom is -0.381 e. The van der Waals surface area contributed by atoms with Crippen molar-refractivity contribution in [1.82, 2.24) is 15.0 Å². The first-order chi connectivity index (χ1) is 10.2. The van der Waals surface area contributed by atoms with Crippen LogP contribution < -0.4 is 11.5 Å². The lowest BCUT2D eigenvalue weighted by Gasteiger charge is -2.12. The Kier molecular flexibility index (Phi) is 4.22. The zero-order valence-electron chi connectivity index (χ0n) is 11.2. The van der Waals surface area contributed by atoms with Crippen molar-refractivity contribution in [2.45, 2.75) is 23.0 Å². The lowest BCUT2D eigenvalue weighted by molar-refractivity contribution is -0.143. The molecule has 22 heavy (non-hydrogen) atoms. The van der Waals surface area contributed by atoms with Crippen LogP contribution in [0.2, 0.25) is 0 Å². The Morgan fingerprint density at radius 3 is 2.59 bits per heavy atom. The molecule has 2 heterocycles. The molecule has 6 nitrogen and oxygen atoms in total. The largest absolute Gasteiger partial charge is 0.434 e. The molecule has 0 aliphatic carbocycles. The van der Waals surface area contributed by atoms with Crippen molar-refractivity contribution in [2.24, 2.45) is 5.73 Å². The molecule has 4 N–H and O–H groups in total. The van der Waals surface area contributed by atoms with E-state index in [1.807, 2.05) is 0 Å². The first kappa shape index (κ1) is 16.0. The predicted octanol–water partition coefficient (Wildman–Crippen LogP) is 2.03. The zero-order valence-corrected chi connectivity index (χ0v) is 12.0. The molecule has 0 unspecified atom stereocenters. The van der Waals surface area contributed by atoms with Gasteiger partial charge in [-0.15, -0.1) is 0 Å². The molecule has 2 rings (SSSR count). The van der Waals surface area contributed by atoms with Gasteiger partial charge in [0.2, 0.25) is 0 Å². The van der Waals surface area contributed by atoms with E-state index in [1.165, 1.54) is 19.1 Å². The molecule has 0 saturated heterocycles. The molecule has 116 valence electrons. The van der Waals surface area contributed by atoms with Gasteiger partial charge >= 0.3 is 6.18 Å². The van der Waals surface area contributed by atoms with Crippen LogP contribution in [0, 0.1) is 6.92 Å². The number of nitrogen functional groups attached to an aromatic ring is 1. The van der Waals surface area contributed by atoms with E-state index in [0.717, 1.165) is 6.20 Å². The van der Waals surface area contributed by atoms with E-state index < -0.39 is 17.8 Å². The number of nitrogens with zero attached hydrogens (tertiary/aromatic N) is 3. The number of pyridine rings is 1. The van der Waals surface area contributed by atoms with Gasteiger partial charge in [0.1, 0.15) is 5.03 Å². The average molecular weight is 329 g/mol. The quantitative estimate of drug-likeness (QED) is 0.892. The van der Waals surface area contributed by atoms with E-state index in [4.69, 9.17) is 11.5 Å². The smallest absolute Gasteiger partial charge is 0.381 e. The second-order valence-corrected chi connectivity index (χ2v) is 5.19. The molecule has 0 bridgehead atoms. The molecule has 1 amide bonds. The van der Waals surface area contributed by atoms with Crippen molar-refractivity contribution in [2.75, 3.05) is 5.73 Å². The number of amides is 1. The normalized spacial score (nSPS) is 11.5. The molecule has 2 aromatic rings. The lowest BCUT2D eigenvalue weighted by Crippen LogP contribution is -2.17. The van der Waals surface area contributed by atoms with Crippen LogP contribution in [0.1, 0.15) is 21.9 Å². The van der Waals surface area contributed by atoms with Crippen molar-refractivity contribution in [3.05, 3.63) is 35.4 Å². The fourth-order valence-corrected chi connectivity index (χ4v) is 2.53. The average Bonchev–Trinajstić information content (AvgIpc) is 2.40. The second-order valence-electron chi connectivity index (χ2n) is 4.16. The number of primary amides is 1. The predicted molar refractivity (Wildman–Crippen MR) is 73.1 cm³/mol. The fraction of sp³-hybridized carbons (Fsp3) is 0.167. The van der Waals surface area contributed by atoms with Gasteiger partial charge in [0, 0.05) is 11.1 Å². The number of nitrogens with two attached hydrogens (primary N) is 2. The van der Waals surface area contributed by atoms with E-state index in [1.54, 1.807) is 0 Å². The van der Waals surface area contributed by atoms with Crippen molar-refractivity contribution < 1.29 is 18.0 Å². The summed E-state index contributed by atoms with van der Waals surface area (Å²) in [6.45, 7) is 1.48.